The molecule has 0 spiro atoms. The fourth-order valence-corrected chi connectivity index (χ4v) is 2.84. The maximum absolute atomic E-state index is 11.0. The topological polar surface area (TPSA) is 63.2 Å². The summed E-state index contributed by atoms with van der Waals surface area (Å²) in [7, 11) is 0.357. The molecule has 0 rings (SSSR count). The van der Waals surface area contributed by atoms with Crippen LogP contribution < -0.4 is 0 Å². The standard InChI is InChI=1S/C10H20O6Si/c1-6-7-17(12-4,13-5)15-8-14-16-10(11)9(2)3/h2,6-8H2,1,3-5H3. The van der Waals surface area contributed by atoms with Crippen LogP contribution >= 0.6 is 0 Å². The minimum Gasteiger partial charge on any atom is -0.377 e. The average Bonchev–Trinajstić information content (AvgIpc) is 2.32. The number of carbonyl (C=O) groups excluding carboxylic acids is 1. The van der Waals surface area contributed by atoms with E-state index < -0.39 is 14.8 Å². The average molecular weight is 264 g/mol. The van der Waals surface area contributed by atoms with Crippen LogP contribution in [0.5, 0.6) is 0 Å². The normalized spacial score (nSPS) is 11.3. The molecule has 0 heterocycles. The van der Waals surface area contributed by atoms with Crippen LogP contribution in [0.4, 0.5) is 0 Å². The van der Waals surface area contributed by atoms with Gasteiger partial charge in [-0.05, 0) is 6.92 Å². The highest BCUT2D eigenvalue weighted by atomic mass is 28.4. The Morgan fingerprint density at radius 1 is 1.29 bits per heavy atom. The van der Waals surface area contributed by atoms with Crippen molar-refractivity contribution < 1.29 is 27.8 Å². The largest absolute Gasteiger partial charge is 0.502 e. The van der Waals surface area contributed by atoms with Gasteiger partial charge in [-0.15, -0.1) is 0 Å². The second kappa shape index (κ2) is 8.37. The van der Waals surface area contributed by atoms with Gasteiger partial charge < -0.3 is 13.3 Å². The van der Waals surface area contributed by atoms with Crippen molar-refractivity contribution in [1.82, 2.24) is 0 Å². The van der Waals surface area contributed by atoms with Gasteiger partial charge in [-0.3, -0.25) is 4.89 Å². The van der Waals surface area contributed by atoms with E-state index in [4.69, 9.17) is 13.3 Å². The number of rotatable bonds is 9. The predicted molar refractivity (Wildman–Crippen MR) is 62.8 cm³/mol. The number of hydrogen-bond acceptors (Lipinski definition) is 6. The molecule has 0 saturated carbocycles. The van der Waals surface area contributed by atoms with E-state index in [9.17, 15) is 4.79 Å². The van der Waals surface area contributed by atoms with Crippen molar-refractivity contribution in [2.45, 2.75) is 26.3 Å². The molecule has 7 heteroatoms. The van der Waals surface area contributed by atoms with Gasteiger partial charge >= 0.3 is 14.8 Å². The number of carbonyl (C=O) groups is 1. The first-order chi connectivity index (χ1) is 8.01. The quantitative estimate of drug-likeness (QED) is 0.158. The first-order valence-electron chi connectivity index (χ1n) is 5.25. The third-order valence-corrected chi connectivity index (χ3v) is 4.90. The zero-order valence-electron chi connectivity index (χ0n) is 10.8. The van der Waals surface area contributed by atoms with E-state index in [1.165, 1.54) is 21.1 Å². The molecule has 100 valence electrons. The zero-order valence-corrected chi connectivity index (χ0v) is 11.8. The van der Waals surface area contributed by atoms with Crippen LogP contribution in [0.3, 0.4) is 0 Å². The Kier molecular flexibility index (Phi) is 8.01. The van der Waals surface area contributed by atoms with Crippen LogP contribution in [0.25, 0.3) is 0 Å². The second-order valence-corrected chi connectivity index (χ2v) is 6.34. The Hall–Kier alpha value is -0.733. The van der Waals surface area contributed by atoms with Gasteiger partial charge in [0.25, 0.3) is 0 Å². The molecule has 0 atom stereocenters. The van der Waals surface area contributed by atoms with Gasteiger partial charge in [-0.2, -0.15) is 4.89 Å². The predicted octanol–water partition coefficient (Wildman–Crippen LogP) is 1.65. The van der Waals surface area contributed by atoms with E-state index in [0.29, 0.717) is 6.04 Å². The van der Waals surface area contributed by atoms with E-state index in [0.717, 1.165) is 6.42 Å². The summed E-state index contributed by atoms with van der Waals surface area (Å²) in [5.41, 5.74) is 0.251. The van der Waals surface area contributed by atoms with Crippen LogP contribution in [0.2, 0.25) is 6.04 Å². The summed E-state index contributed by atoms with van der Waals surface area (Å²) in [6, 6.07) is 0.664. The molecular formula is C10H20O6Si. The van der Waals surface area contributed by atoms with Crippen molar-refractivity contribution in [1.29, 1.82) is 0 Å². The van der Waals surface area contributed by atoms with E-state index >= 15 is 0 Å². The molecular weight excluding hydrogens is 244 g/mol. The van der Waals surface area contributed by atoms with Gasteiger partial charge in [0.2, 0.25) is 0 Å². The van der Waals surface area contributed by atoms with Gasteiger partial charge in [0.1, 0.15) is 0 Å². The van der Waals surface area contributed by atoms with Crippen LogP contribution in [-0.2, 0) is 27.8 Å². The first-order valence-corrected chi connectivity index (χ1v) is 7.18. The lowest BCUT2D eigenvalue weighted by Crippen LogP contribution is -2.44. The first kappa shape index (κ1) is 16.3. The van der Waals surface area contributed by atoms with Crippen molar-refractivity contribution in [3.05, 3.63) is 12.2 Å². The molecule has 17 heavy (non-hydrogen) atoms. The van der Waals surface area contributed by atoms with Crippen molar-refractivity contribution in [3.63, 3.8) is 0 Å². The molecule has 0 aliphatic heterocycles. The van der Waals surface area contributed by atoms with Gasteiger partial charge in [-0.25, -0.2) is 4.79 Å². The summed E-state index contributed by atoms with van der Waals surface area (Å²) < 4.78 is 15.8. The van der Waals surface area contributed by atoms with E-state index in [-0.39, 0.29) is 12.4 Å². The summed E-state index contributed by atoms with van der Waals surface area (Å²) in [5.74, 6) is -0.633. The third kappa shape index (κ3) is 5.94. The lowest BCUT2D eigenvalue weighted by atomic mass is 10.4. The highest BCUT2D eigenvalue weighted by Gasteiger charge is 2.38. The van der Waals surface area contributed by atoms with Gasteiger partial charge in [0.05, 0.1) is 0 Å². The molecule has 0 radical (unpaired) electrons. The van der Waals surface area contributed by atoms with Crippen LogP contribution in [0.1, 0.15) is 20.3 Å². The third-order valence-electron chi connectivity index (χ3n) is 1.99. The van der Waals surface area contributed by atoms with Gasteiger partial charge in [0.15, 0.2) is 6.79 Å². The summed E-state index contributed by atoms with van der Waals surface area (Å²) in [5, 5.41) is 0. The molecule has 0 aromatic rings. The zero-order chi connectivity index (χ0) is 13.3. The molecule has 0 aromatic heterocycles. The van der Waals surface area contributed by atoms with Crippen molar-refractivity contribution >= 4 is 14.8 Å². The van der Waals surface area contributed by atoms with E-state index in [1.807, 2.05) is 6.92 Å². The Balaban J connectivity index is 3.98. The SMILES string of the molecule is C=C(C)C(=O)OOCO[Si](CCC)(OC)OC. The van der Waals surface area contributed by atoms with Crippen molar-refractivity contribution in [2.24, 2.45) is 0 Å². The summed E-state index contributed by atoms with van der Waals surface area (Å²) in [6.45, 7) is 6.69. The van der Waals surface area contributed by atoms with Crippen LogP contribution in [-0.4, -0.2) is 35.8 Å². The smallest absolute Gasteiger partial charge is 0.377 e. The molecule has 0 aliphatic rings. The minimum absolute atomic E-state index is 0.229. The maximum Gasteiger partial charge on any atom is 0.502 e. The second-order valence-electron chi connectivity index (χ2n) is 3.37. The molecule has 0 N–H and O–H groups in total. The molecule has 0 aliphatic carbocycles. The summed E-state index contributed by atoms with van der Waals surface area (Å²) >= 11 is 0. The molecule has 0 bridgehead atoms. The molecule has 0 aromatic carbocycles. The fraction of sp³-hybridized carbons (Fsp3) is 0.700. The molecule has 6 nitrogen and oxygen atoms in total. The van der Waals surface area contributed by atoms with Crippen LogP contribution in [0, 0.1) is 0 Å². The van der Waals surface area contributed by atoms with Gasteiger partial charge in [-0.1, -0.05) is 19.9 Å². The lowest BCUT2D eigenvalue weighted by Gasteiger charge is -2.25. The van der Waals surface area contributed by atoms with Crippen molar-refractivity contribution in [2.75, 3.05) is 21.0 Å². The molecule has 0 fully saturated rings. The maximum atomic E-state index is 11.0. The highest BCUT2D eigenvalue weighted by molar-refractivity contribution is 6.60. The van der Waals surface area contributed by atoms with Crippen molar-refractivity contribution in [3.8, 4) is 0 Å². The summed E-state index contributed by atoms with van der Waals surface area (Å²) in [4.78, 5) is 20.0. The monoisotopic (exact) mass is 264 g/mol. The molecule has 0 amide bonds. The van der Waals surface area contributed by atoms with E-state index in [1.54, 1.807) is 0 Å². The molecule has 0 unspecified atom stereocenters. The Labute approximate surface area is 103 Å². The lowest BCUT2D eigenvalue weighted by molar-refractivity contribution is -0.299. The Morgan fingerprint density at radius 3 is 2.29 bits per heavy atom. The van der Waals surface area contributed by atoms with E-state index in [2.05, 4.69) is 16.4 Å². The summed E-state index contributed by atoms with van der Waals surface area (Å²) in [6.07, 6.45) is 0.861. The highest BCUT2D eigenvalue weighted by Crippen LogP contribution is 2.15. The Morgan fingerprint density at radius 2 is 1.88 bits per heavy atom. The Bertz CT molecular complexity index is 251. The minimum atomic E-state index is -2.68. The van der Waals surface area contributed by atoms with Gasteiger partial charge in [0, 0.05) is 25.8 Å². The fourth-order valence-electron chi connectivity index (χ4n) is 1.05. The van der Waals surface area contributed by atoms with Crippen LogP contribution in [0.15, 0.2) is 12.2 Å². The number of hydrogen-bond donors (Lipinski definition) is 0. The molecule has 0 saturated heterocycles.